The number of nitrogens with two attached hydrogens (primary N) is 1. The maximum atomic E-state index is 6.20. The normalized spacial score (nSPS) is 12.7. The fourth-order valence-corrected chi connectivity index (χ4v) is 1.87. The minimum absolute atomic E-state index is 0.576. The Hall–Kier alpha value is -0.980. The lowest BCUT2D eigenvalue weighted by atomic mass is 9.93. The molecule has 0 aromatic heterocycles. The maximum absolute atomic E-state index is 6.20. The Morgan fingerprint density at radius 3 is 2.60 bits per heavy atom. The van der Waals surface area contributed by atoms with Gasteiger partial charge >= 0.3 is 0 Å². The zero-order valence-electron chi connectivity index (χ0n) is 10.2. The molecule has 1 aromatic rings. The van der Waals surface area contributed by atoms with E-state index in [1.54, 1.807) is 0 Å². The standard InChI is InChI=1S/C14H23N/c1-4-6-8-12-9-7-10-13(14(12)15)11(3)5-2/h7,9-11H,4-6,8,15H2,1-3H3. The highest BCUT2D eigenvalue weighted by Crippen LogP contribution is 2.28. The molecule has 0 heterocycles. The van der Waals surface area contributed by atoms with Gasteiger partial charge in [-0.1, -0.05) is 45.4 Å². The SMILES string of the molecule is CCCCc1cccc(C(C)CC)c1N. The van der Waals surface area contributed by atoms with E-state index in [1.165, 1.54) is 24.0 Å². The van der Waals surface area contributed by atoms with Gasteiger partial charge in [0.1, 0.15) is 0 Å². The summed E-state index contributed by atoms with van der Waals surface area (Å²) in [5.74, 6) is 0.576. The molecule has 0 saturated carbocycles. The molecule has 15 heavy (non-hydrogen) atoms. The van der Waals surface area contributed by atoms with Crippen LogP contribution in [0.2, 0.25) is 0 Å². The van der Waals surface area contributed by atoms with Crippen molar-refractivity contribution in [2.24, 2.45) is 0 Å². The van der Waals surface area contributed by atoms with Crippen LogP contribution >= 0.6 is 0 Å². The molecule has 0 aliphatic rings. The van der Waals surface area contributed by atoms with Gasteiger partial charge in [0, 0.05) is 5.69 Å². The van der Waals surface area contributed by atoms with Crippen molar-refractivity contribution in [2.75, 3.05) is 5.73 Å². The molecule has 0 aliphatic heterocycles. The second-order valence-corrected chi connectivity index (χ2v) is 4.33. The lowest BCUT2D eigenvalue weighted by Crippen LogP contribution is -2.02. The van der Waals surface area contributed by atoms with E-state index in [-0.39, 0.29) is 0 Å². The predicted octanol–water partition coefficient (Wildman–Crippen LogP) is 4.12. The van der Waals surface area contributed by atoms with Gasteiger partial charge < -0.3 is 5.73 Å². The van der Waals surface area contributed by atoms with Gasteiger partial charge in [0.05, 0.1) is 0 Å². The number of benzene rings is 1. The first-order valence-corrected chi connectivity index (χ1v) is 6.07. The van der Waals surface area contributed by atoms with E-state index in [0.29, 0.717) is 5.92 Å². The summed E-state index contributed by atoms with van der Waals surface area (Å²) in [5.41, 5.74) is 9.88. The largest absolute Gasteiger partial charge is 0.398 e. The topological polar surface area (TPSA) is 26.0 Å². The van der Waals surface area contributed by atoms with Crippen molar-refractivity contribution < 1.29 is 0 Å². The zero-order chi connectivity index (χ0) is 11.3. The van der Waals surface area contributed by atoms with Gasteiger partial charge in [-0.05, 0) is 36.3 Å². The molecule has 0 fully saturated rings. The first-order valence-electron chi connectivity index (χ1n) is 6.07. The fourth-order valence-electron chi connectivity index (χ4n) is 1.87. The molecule has 1 aromatic carbocycles. The van der Waals surface area contributed by atoms with Crippen molar-refractivity contribution in [2.45, 2.75) is 52.4 Å². The minimum atomic E-state index is 0.576. The van der Waals surface area contributed by atoms with Gasteiger partial charge in [0.25, 0.3) is 0 Å². The summed E-state index contributed by atoms with van der Waals surface area (Å²) in [5, 5.41) is 0. The molecular formula is C14H23N. The summed E-state index contributed by atoms with van der Waals surface area (Å²) in [7, 11) is 0. The van der Waals surface area contributed by atoms with Gasteiger partial charge in [-0.3, -0.25) is 0 Å². The molecule has 2 N–H and O–H groups in total. The van der Waals surface area contributed by atoms with E-state index in [1.807, 2.05) is 0 Å². The molecular weight excluding hydrogens is 182 g/mol. The third kappa shape index (κ3) is 2.98. The zero-order valence-corrected chi connectivity index (χ0v) is 10.2. The molecule has 1 rings (SSSR count). The second-order valence-electron chi connectivity index (χ2n) is 4.33. The van der Waals surface area contributed by atoms with Crippen molar-refractivity contribution in [3.63, 3.8) is 0 Å². The third-order valence-corrected chi connectivity index (χ3v) is 3.17. The minimum Gasteiger partial charge on any atom is -0.398 e. The molecule has 1 heteroatoms. The highest BCUT2D eigenvalue weighted by molar-refractivity contribution is 5.55. The van der Waals surface area contributed by atoms with E-state index in [2.05, 4.69) is 39.0 Å². The fraction of sp³-hybridized carbons (Fsp3) is 0.571. The average molecular weight is 205 g/mol. The lowest BCUT2D eigenvalue weighted by molar-refractivity contribution is 0.732. The number of aryl methyl sites for hydroxylation is 1. The van der Waals surface area contributed by atoms with Crippen LogP contribution in [0.3, 0.4) is 0 Å². The summed E-state index contributed by atoms with van der Waals surface area (Å²) >= 11 is 0. The number of hydrogen-bond donors (Lipinski definition) is 1. The van der Waals surface area contributed by atoms with Crippen LogP contribution in [-0.4, -0.2) is 0 Å². The average Bonchev–Trinajstić information content (AvgIpc) is 2.27. The summed E-state index contributed by atoms with van der Waals surface area (Å²) < 4.78 is 0. The molecule has 0 amide bonds. The van der Waals surface area contributed by atoms with E-state index in [9.17, 15) is 0 Å². The van der Waals surface area contributed by atoms with E-state index in [0.717, 1.165) is 18.5 Å². The van der Waals surface area contributed by atoms with Crippen LogP contribution in [0.1, 0.15) is 57.1 Å². The van der Waals surface area contributed by atoms with Crippen molar-refractivity contribution in [3.8, 4) is 0 Å². The van der Waals surface area contributed by atoms with Gasteiger partial charge in [0.2, 0.25) is 0 Å². The molecule has 1 nitrogen and oxygen atoms in total. The second kappa shape index (κ2) is 5.79. The molecule has 0 aliphatic carbocycles. The van der Waals surface area contributed by atoms with Crippen LogP contribution in [0.25, 0.3) is 0 Å². The van der Waals surface area contributed by atoms with Gasteiger partial charge in [-0.25, -0.2) is 0 Å². The predicted molar refractivity (Wildman–Crippen MR) is 68.2 cm³/mol. The van der Waals surface area contributed by atoms with Gasteiger partial charge in [0.15, 0.2) is 0 Å². The molecule has 1 atom stereocenters. The first-order chi connectivity index (χ1) is 7.20. The Morgan fingerprint density at radius 2 is 2.00 bits per heavy atom. The number of rotatable bonds is 5. The van der Waals surface area contributed by atoms with Crippen LogP contribution in [-0.2, 0) is 6.42 Å². The number of nitrogen functional groups attached to an aromatic ring is 1. The van der Waals surface area contributed by atoms with Crippen LogP contribution < -0.4 is 5.73 Å². The summed E-state index contributed by atoms with van der Waals surface area (Å²) in [6.45, 7) is 6.67. The Bertz CT molecular complexity index is 304. The lowest BCUT2D eigenvalue weighted by Gasteiger charge is -2.15. The summed E-state index contributed by atoms with van der Waals surface area (Å²) in [6, 6.07) is 6.47. The Labute approximate surface area is 93.7 Å². The number of unbranched alkanes of at least 4 members (excludes halogenated alkanes) is 1. The summed E-state index contributed by atoms with van der Waals surface area (Å²) in [6.07, 6.45) is 4.73. The van der Waals surface area contributed by atoms with Crippen molar-refractivity contribution in [1.29, 1.82) is 0 Å². The highest BCUT2D eigenvalue weighted by atomic mass is 14.6. The van der Waals surface area contributed by atoms with Crippen molar-refractivity contribution >= 4 is 5.69 Å². The van der Waals surface area contributed by atoms with E-state index < -0.39 is 0 Å². The molecule has 0 radical (unpaired) electrons. The first kappa shape index (κ1) is 12.1. The molecule has 0 spiro atoms. The molecule has 0 saturated heterocycles. The molecule has 84 valence electrons. The highest BCUT2D eigenvalue weighted by Gasteiger charge is 2.09. The Kier molecular flexibility index (Phi) is 4.67. The molecule has 0 bridgehead atoms. The number of anilines is 1. The molecule has 1 unspecified atom stereocenters. The van der Waals surface area contributed by atoms with Gasteiger partial charge in [-0.15, -0.1) is 0 Å². The Morgan fingerprint density at radius 1 is 1.27 bits per heavy atom. The smallest absolute Gasteiger partial charge is 0.0381 e. The van der Waals surface area contributed by atoms with Crippen LogP contribution in [0.5, 0.6) is 0 Å². The maximum Gasteiger partial charge on any atom is 0.0381 e. The van der Waals surface area contributed by atoms with Crippen molar-refractivity contribution in [1.82, 2.24) is 0 Å². The van der Waals surface area contributed by atoms with Crippen LogP contribution in [0.15, 0.2) is 18.2 Å². The Balaban J connectivity index is 2.90. The quantitative estimate of drug-likeness (QED) is 0.719. The number of para-hydroxylation sites is 1. The van der Waals surface area contributed by atoms with Crippen LogP contribution in [0, 0.1) is 0 Å². The van der Waals surface area contributed by atoms with E-state index in [4.69, 9.17) is 5.73 Å². The van der Waals surface area contributed by atoms with Crippen LogP contribution in [0.4, 0.5) is 5.69 Å². The van der Waals surface area contributed by atoms with Crippen molar-refractivity contribution in [3.05, 3.63) is 29.3 Å². The third-order valence-electron chi connectivity index (χ3n) is 3.17. The van der Waals surface area contributed by atoms with E-state index >= 15 is 0 Å². The summed E-state index contributed by atoms with van der Waals surface area (Å²) in [4.78, 5) is 0. The monoisotopic (exact) mass is 205 g/mol. The number of hydrogen-bond acceptors (Lipinski definition) is 1. The van der Waals surface area contributed by atoms with Gasteiger partial charge in [-0.2, -0.15) is 0 Å².